The van der Waals surface area contributed by atoms with E-state index in [-0.39, 0.29) is 5.97 Å². The molecule has 106 valence electrons. The first-order valence-electron chi connectivity index (χ1n) is 6.87. The summed E-state index contributed by atoms with van der Waals surface area (Å²) in [5.74, 6) is 0.232. The largest absolute Gasteiger partial charge is 0.460 e. The Morgan fingerprint density at radius 3 is 2.42 bits per heavy atom. The Bertz CT molecular complexity index is 381. The van der Waals surface area contributed by atoms with E-state index >= 15 is 0 Å². The molecular formula is C16H26NO2+. The lowest BCUT2D eigenvalue weighted by Crippen LogP contribution is -2.38. The predicted molar refractivity (Wildman–Crippen MR) is 77.8 cm³/mol. The maximum Gasteiger partial charge on any atom is 0.306 e. The van der Waals surface area contributed by atoms with Crippen LogP contribution in [-0.4, -0.2) is 44.7 Å². The number of hydrogen-bond acceptors (Lipinski definition) is 2. The number of hydrogen-bond donors (Lipinski definition) is 0. The van der Waals surface area contributed by atoms with E-state index in [1.807, 2.05) is 18.2 Å². The van der Waals surface area contributed by atoms with Gasteiger partial charge < -0.3 is 9.22 Å². The van der Waals surface area contributed by atoms with Gasteiger partial charge in [0.15, 0.2) is 0 Å². The fraction of sp³-hybridized carbons (Fsp3) is 0.562. The number of rotatable bonds is 7. The summed E-state index contributed by atoms with van der Waals surface area (Å²) in [6, 6.07) is 10.3. The van der Waals surface area contributed by atoms with Crippen molar-refractivity contribution in [2.45, 2.75) is 19.8 Å². The van der Waals surface area contributed by atoms with Gasteiger partial charge in [0.05, 0.1) is 21.1 Å². The van der Waals surface area contributed by atoms with Crippen molar-refractivity contribution in [2.75, 3.05) is 34.3 Å². The lowest BCUT2D eigenvalue weighted by molar-refractivity contribution is -0.870. The van der Waals surface area contributed by atoms with Crippen molar-refractivity contribution in [1.29, 1.82) is 0 Å². The molecule has 0 aliphatic carbocycles. The van der Waals surface area contributed by atoms with Crippen LogP contribution in [-0.2, 0) is 16.0 Å². The molecule has 1 unspecified atom stereocenters. The van der Waals surface area contributed by atoms with Gasteiger partial charge in [-0.1, -0.05) is 37.3 Å². The summed E-state index contributed by atoms with van der Waals surface area (Å²) in [4.78, 5) is 11.7. The minimum Gasteiger partial charge on any atom is -0.460 e. The Hall–Kier alpha value is -1.35. The van der Waals surface area contributed by atoms with E-state index < -0.39 is 0 Å². The Morgan fingerprint density at radius 2 is 1.84 bits per heavy atom. The van der Waals surface area contributed by atoms with E-state index in [1.54, 1.807) is 0 Å². The zero-order valence-corrected chi connectivity index (χ0v) is 12.6. The van der Waals surface area contributed by atoms with Crippen LogP contribution in [0.25, 0.3) is 0 Å². The third-order valence-electron chi connectivity index (χ3n) is 2.97. The first-order valence-corrected chi connectivity index (χ1v) is 6.87. The highest BCUT2D eigenvalue weighted by Gasteiger charge is 2.13. The third-order valence-corrected chi connectivity index (χ3v) is 2.97. The molecule has 1 aromatic carbocycles. The topological polar surface area (TPSA) is 26.3 Å². The minimum atomic E-state index is -0.0862. The quantitative estimate of drug-likeness (QED) is 0.559. The summed E-state index contributed by atoms with van der Waals surface area (Å²) in [7, 11) is 6.27. The summed E-state index contributed by atoms with van der Waals surface area (Å²) in [5, 5.41) is 0. The second kappa shape index (κ2) is 7.29. The van der Waals surface area contributed by atoms with Gasteiger partial charge >= 0.3 is 5.97 Å². The zero-order chi connectivity index (χ0) is 14.3. The standard InChI is InChI=1S/C16H26NO2/c1-14(12-15-8-6-5-7-9-15)13-16(18)19-11-10-17(2,3)4/h5-9,14H,10-13H2,1-4H3/q+1. The summed E-state index contributed by atoms with van der Waals surface area (Å²) >= 11 is 0. The molecular weight excluding hydrogens is 238 g/mol. The van der Waals surface area contributed by atoms with Gasteiger partial charge in [-0.2, -0.15) is 0 Å². The van der Waals surface area contributed by atoms with Crippen molar-refractivity contribution in [3.05, 3.63) is 35.9 Å². The number of ether oxygens (including phenoxy) is 1. The third kappa shape index (κ3) is 7.62. The number of quaternary nitrogens is 1. The van der Waals surface area contributed by atoms with E-state index in [0.29, 0.717) is 18.9 Å². The van der Waals surface area contributed by atoms with Crippen molar-refractivity contribution in [1.82, 2.24) is 0 Å². The maximum atomic E-state index is 11.7. The molecule has 0 heterocycles. The van der Waals surface area contributed by atoms with Crippen LogP contribution in [0.2, 0.25) is 0 Å². The van der Waals surface area contributed by atoms with Crippen molar-refractivity contribution in [3.63, 3.8) is 0 Å². The second-order valence-electron chi connectivity index (χ2n) is 6.23. The maximum absolute atomic E-state index is 11.7. The molecule has 0 spiro atoms. The fourth-order valence-corrected chi connectivity index (χ4v) is 1.87. The van der Waals surface area contributed by atoms with Gasteiger partial charge in [0.2, 0.25) is 0 Å². The highest BCUT2D eigenvalue weighted by molar-refractivity contribution is 5.69. The molecule has 0 bridgehead atoms. The van der Waals surface area contributed by atoms with Crippen molar-refractivity contribution < 1.29 is 14.0 Å². The molecule has 3 heteroatoms. The number of benzene rings is 1. The number of likely N-dealkylation sites (N-methyl/N-ethyl adjacent to an activating group) is 1. The number of carbonyl (C=O) groups is 1. The van der Waals surface area contributed by atoms with Gasteiger partial charge in [0.1, 0.15) is 13.2 Å². The van der Waals surface area contributed by atoms with Gasteiger partial charge in [0.25, 0.3) is 0 Å². The number of esters is 1. The molecule has 19 heavy (non-hydrogen) atoms. The van der Waals surface area contributed by atoms with Gasteiger partial charge in [0, 0.05) is 6.42 Å². The molecule has 0 aliphatic heterocycles. The molecule has 1 aromatic rings. The van der Waals surface area contributed by atoms with Gasteiger partial charge in [-0.15, -0.1) is 0 Å². The molecule has 1 rings (SSSR count). The highest BCUT2D eigenvalue weighted by Crippen LogP contribution is 2.12. The molecule has 0 aromatic heterocycles. The van der Waals surface area contributed by atoms with Gasteiger partial charge in [-0.05, 0) is 17.9 Å². The van der Waals surface area contributed by atoms with Crippen LogP contribution in [0, 0.1) is 5.92 Å². The summed E-state index contributed by atoms with van der Waals surface area (Å²) in [6.07, 6.45) is 1.41. The number of nitrogens with zero attached hydrogens (tertiary/aromatic N) is 1. The smallest absolute Gasteiger partial charge is 0.306 e. The SMILES string of the molecule is CC(CC(=O)OCC[N+](C)(C)C)Cc1ccccc1. The normalized spacial score (nSPS) is 13.1. The summed E-state index contributed by atoms with van der Waals surface area (Å²) < 4.78 is 6.08. The highest BCUT2D eigenvalue weighted by atomic mass is 16.5. The second-order valence-corrected chi connectivity index (χ2v) is 6.23. The van der Waals surface area contributed by atoms with E-state index in [9.17, 15) is 4.79 Å². The molecule has 0 amide bonds. The predicted octanol–water partition coefficient (Wildman–Crippen LogP) is 2.50. The fourth-order valence-electron chi connectivity index (χ4n) is 1.87. The van der Waals surface area contributed by atoms with Gasteiger partial charge in [-0.3, -0.25) is 4.79 Å². The van der Waals surface area contributed by atoms with Crippen LogP contribution in [0.5, 0.6) is 0 Å². The molecule has 0 radical (unpaired) electrons. The molecule has 0 saturated heterocycles. The van der Waals surface area contributed by atoms with Crippen molar-refractivity contribution >= 4 is 5.97 Å². The van der Waals surface area contributed by atoms with Crippen molar-refractivity contribution in [2.24, 2.45) is 5.92 Å². The Kier molecular flexibility index (Phi) is 6.03. The Balaban J connectivity index is 2.25. The van der Waals surface area contributed by atoms with E-state index in [2.05, 4.69) is 40.2 Å². The van der Waals surface area contributed by atoms with E-state index in [4.69, 9.17) is 4.74 Å². The lowest BCUT2D eigenvalue weighted by atomic mass is 9.98. The lowest BCUT2D eigenvalue weighted by Gasteiger charge is -2.23. The van der Waals surface area contributed by atoms with Crippen LogP contribution in [0.1, 0.15) is 18.9 Å². The number of carbonyl (C=O) groups excluding carboxylic acids is 1. The Morgan fingerprint density at radius 1 is 1.21 bits per heavy atom. The molecule has 0 saturated carbocycles. The van der Waals surface area contributed by atoms with Crippen LogP contribution in [0.3, 0.4) is 0 Å². The summed E-state index contributed by atoms with van der Waals surface area (Å²) in [5.41, 5.74) is 1.27. The van der Waals surface area contributed by atoms with Crippen LogP contribution >= 0.6 is 0 Å². The average Bonchev–Trinajstić information content (AvgIpc) is 2.28. The molecule has 0 N–H and O–H groups in total. The Labute approximate surface area is 116 Å². The molecule has 1 atom stereocenters. The van der Waals surface area contributed by atoms with E-state index in [1.165, 1.54) is 5.56 Å². The minimum absolute atomic E-state index is 0.0862. The van der Waals surface area contributed by atoms with Crippen LogP contribution < -0.4 is 0 Å². The molecule has 0 fully saturated rings. The van der Waals surface area contributed by atoms with Crippen LogP contribution in [0.15, 0.2) is 30.3 Å². The van der Waals surface area contributed by atoms with Gasteiger partial charge in [-0.25, -0.2) is 0 Å². The summed E-state index contributed by atoms with van der Waals surface area (Å²) in [6.45, 7) is 3.44. The monoisotopic (exact) mass is 264 g/mol. The molecule has 3 nitrogen and oxygen atoms in total. The van der Waals surface area contributed by atoms with Crippen molar-refractivity contribution in [3.8, 4) is 0 Å². The average molecular weight is 264 g/mol. The first kappa shape index (κ1) is 15.7. The van der Waals surface area contributed by atoms with Crippen LogP contribution in [0.4, 0.5) is 0 Å². The van der Waals surface area contributed by atoms with E-state index in [0.717, 1.165) is 17.4 Å². The first-order chi connectivity index (χ1) is 8.87. The zero-order valence-electron chi connectivity index (χ0n) is 12.6. The molecule has 0 aliphatic rings.